The molecule has 0 unspecified atom stereocenters. The maximum Gasteiger partial charge on any atom is 0.273 e. The van der Waals surface area contributed by atoms with Crippen LogP contribution in [0.3, 0.4) is 0 Å². The smallest absolute Gasteiger partial charge is 0.273 e. The lowest BCUT2D eigenvalue weighted by Gasteiger charge is -2.12. The quantitative estimate of drug-likeness (QED) is 0.919. The van der Waals surface area contributed by atoms with Crippen LogP contribution in [0.15, 0.2) is 29.4 Å². The van der Waals surface area contributed by atoms with E-state index in [0.717, 1.165) is 5.56 Å². The predicted octanol–water partition coefficient (Wildman–Crippen LogP) is 1.24. The third kappa shape index (κ3) is 3.02. The predicted molar refractivity (Wildman–Crippen MR) is 71.0 cm³/mol. The third-order valence-corrected chi connectivity index (χ3v) is 3.57. The Kier molecular flexibility index (Phi) is 3.87. The number of aromatic nitrogens is 3. The summed E-state index contributed by atoms with van der Waals surface area (Å²) >= 11 is 0. The second-order valence-corrected chi connectivity index (χ2v) is 6.17. The minimum Gasteiger partial charge on any atom is -0.298 e. The summed E-state index contributed by atoms with van der Waals surface area (Å²) in [6, 6.07) is 5.75. The Morgan fingerprint density at radius 3 is 2.35 bits per heavy atom. The van der Waals surface area contributed by atoms with E-state index in [0.29, 0.717) is 12.2 Å². The van der Waals surface area contributed by atoms with Crippen molar-refractivity contribution < 1.29 is 12.8 Å². The summed E-state index contributed by atoms with van der Waals surface area (Å²) in [6.07, 6.45) is 0.348. The molecule has 6 nitrogen and oxygen atoms in total. The molecule has 1 aromatic carbocycles. The van der Waals surface area contributed by atoms with E-state index in [1.807, 2.05) is 13.8 Å². The second-order valence-electron chi connectivity index (χ2n) is 4.71. The van der Waals surface area contributed by atoms with Crippen LogP contribution in [0.2, 0.25) is 0 Å². The van der Waals surface area contributed by atoms with Crippen molar-refractivity contribution in [3.05, 3.63) is 41.5 Å². The van der Waals surface area contributed by atoms with Crippen LogP contribution in [0.4, 0.5) is 4.39 Å². The standard InChI is InChI=1S/C12H15FN4O2S/c1-8(2)17-11(15-16-12(17)20(14,18)19)7-9-3-5-10(13)6-4-9/h3-6,8H,7H2,1-2H3,(H2,14,18,19). The number of halogens is 1. The highest BCUT2D eigenvalue weighted by Gasteiger charge is 2.22. The molecule has 0 aliphatic rings. The van der Waals surface area contributed by atoms with Gasteiger partial charge in [0.05, 0.1) is 0 Å². The van der Waals surface area contributed by atoms with E-state index in [9.17, 15) is 12.8 Å². The van der Waals surface area contributed by atoms with Crippen LogP contribution < -0.4 is 5.14 Å². The average Bonchev–Trinajstić information content (AvgIpc) is 2.75. The second kappa shape index (κ2) is 5.29. The van der Waals surface area contributed by atoms with Crippen molar-refractivity contribution in [2.45, 2.75) is 31.5 Å². The molecule has 0 saturated carbocycles. The molecule has 1 heterocycles. The van der Waals surface area contributed by atoms with Crippen molar-refractivity contribution in [2.24, 2.45) is 5.14 Å². The average molecular weight is 298 g/mol. The van der Waals surface area contributed by atoms with Gasteiger partial charge in [0.1, 0.15) is 11.6 Å². The van der Waals surface area contributed by atoms with Gasteiger partial charge in [0.25, 0.3) is 15.2 Å². The maximum atomic E-state index is 12.9. The topological polar surface area (TPSA) is 90.9 Å². The number of hydrogen-bond donors (Lipinski definition) is 1. The van der Waals surface area contributed by atoms with Gasteiger partial charge in [-0.15, -0.1) is 10.2 Å². The van der Waals surface area contributed by atoms with Gasteiger partial charge in [-0.25, -0.2) is 17.9 Å². The van der Waals surface area contributed by atoms with Crippen LogP contribution in [-0.2, 0) is 16.4 Å². The molecule has 0 fully saturated rings. The van der Waals surface area contributed by atoms with E-state index in [4.69, 9.17) is 5.14 Å². The number of rotatable bonds is 4. The van der Waals surface area contributed by atoms with E-state index >= 15 is 0 Å². The number of hydrogen-bond acceptors (Lipinski definition) is 4. The molecule has 2 aromatic rings. The largest absolute Gasteiger partial charge is 0.298 e. The van der Waals surface area contributed by atoms with Crippen molar-refractivity contribution in [1.29, 1.82) is 0 Å². The van der Waals surface area contributed by atoms with E-state index in [1.165, 1.54) is 16.7 Å². The summed E-state index contributed by atoms with van der Waals surface area (Å²) < 4.78 is 37.3. The van der Waals surface area contributed by atoms with Gasteiger partial charge in [-0.05, 0) is 31.5 Å². The minimum atomic E-state index is -3.93. The summed E-state index contributed by atoms with van der Waals surface area (Å²) in [6.45, 7) is 3.62. The Hall–Kier alpha value is -1.80. The molecule has 0 saturated heterocycles. The van der Waals surface area contributed by atoms with Crippen molar-refractivity contribution in [3.8, 4) is 0 Å². The van der Waals surface area contributed by atoms with Crippen molar-refractivity contribution in [3.63, 3.8) is 0 Å². The van der Waals surface area contributed by atoms with Gasteiger partial charge in [0.2, 0.25) is 0 Å². The van der Waals surface area contributed by atoms with Crippen LogP contribution in [-0.4, -0.2) is 23.2 Å². The number of benzene rings is 1. The number of nitrogens with two attached hydrogens (primary N) is 1. The molecule has 0 radical (unpaired) electrons. The van der Waals surface area contributed by atoms with Crippen LogP contribution in [0.1, 0.15) is 31.3 Å². The Balaban J connectivity index is 2.42. The summed E-state index contributed by atoms with van der Waals surface area (Å²) in [5.41, 5.74) is 0.807. The van der Waals surface area contributed by atoms with Gasteiger partial charge in [-0.3, -0.25) is 4.57 Å². The maximum absolute atomic E-state index is 12.9. The van der Waals surface area contributed by atoms with E-state index in [2.05, 4.69) is 10.2 Å². The molecule has 0 spiro atoms. The monoisotopic (exact) mass is 298 g/mol. The Morgan fingerprint density at radius 1 is 1.25 bits per heavy atom. The molecule has 20 heavy (non-hydrogen) atoms. The molecular weight excluding hydrogens is 283 g/mol. The zero-order valence-electron chi connectivity index (χ0n) is 11.1. The van der Waals surface area contributed by atoms with Gasteiger partial charge in [-0.1, -0.05) is 12.1 Å². The Morgan fingerprint density at radius 2 is 1.85 bits per heavy atom. The molecule has 0 amide bonds. The third-order valence-electron chi connectivity index (χ3n) is 2.78. The van der Waals surface area contributed by atoms with Crippen molar-refractivity contribution >= 4 is 10.0 Å². The Bertz CT molecular complexity index is 708. The van der Waals surface area contributed by atoms with E-state index in [1.54, 1.807) is 12.1 Å². The molecule has 0 bridgehead atoms. The minimum absolute atomic E-state index is 0.159. The zero-order valence-corrected chi connectivity index (χ0v) is 11.9. The summed E-state index contributed by atoms with van der Waals surface area (Å²) in [5.74, 6) is 0.139. The normalized spacial score (nSPS) is 12.1. The highest BCUT2D eigenvalue weighted by Crippen LogP contribution is 2.17. The number of nitrogens with zero attached hydrogens (tertiary/aromatic N) is 3. The number of primary sulfonamides is 1. The fourth-order valence-electron chi connectivity index (χ4n) is 1.93. The van der Waals surface area contributed by atoms with Crippen LogP contribution in [0.5, 0.6) is 0 Å². The van der Waals surface area contributed by atoms with Crippen LogP contribution >= 0.6 is 0 Å². The summed E-state index contributed by atoms with van der Waals surface area (Å²) in [4.78, 5) is 0. The molecule has 0 atom stereocenters. The van der Waals surface area contributed by atoms with Crippen molar-refractivity contribution in [1.82, 2.24) is 14.8 Å². The van der Waals surface area contributed by atoms with E-state index < -0.39 is 10.0 Å². The van der Waals surface area contributed by atoms with Crippen LogP contribution in [0, 0.1) is 5.82 Å². The summed E-state index contributed by atoms with van der Waals surface area (Å²) in [5, 5.41) is 12.4. The zero-order chi connectivity index (χ0) is 14.9. The molecule has 2 rings (SSSR count). The highest BCUT2D eigenvalue weighted by molar-refractivity contribution is 7.89. The highest BCUT2D eigenvalue weighted by atomic mass is 32.2. The van der Waals surface area contributed by atoms with Gasteiger partial charge < -0.3 is 0 Å². The Labute approximate surface area is 116 Å². The first-order valence-electron chi connectivity index (χ1n) is 6.00. The van der Waals surface area contributed by atoms with Gasteiger partial charge >= 0.3 is 0 Å². The van der Waals surface area contributed by atoms with E-state index in [-0.39, 0.29) is 17.0 Å². The van der Waals surface area contributed by atoms with Crippen LogP contribution in [0.25, 0.3) is 0 Å². The first-order valence-corrected chi connectivity index (χ1v) is 7.54. The molecule has 1 aromatic heterocycles. The molecule has 0 aliphatic carbocycles. The molecule has 8 heteroatoms. The lowest BCUT2D eigenvalue weighted by atomic mass is 10.1. The molecule has 108 valence electrons. The fraction of sp³-hybridized carbons (Fsp3) is 0.333. The first kappa shape index (κ1) is 14.6. The van der Waals surface area contributed by atoms with Gasteiger partial charge in [-0.2, -0.15) is 0 Å². The van der Waals surface area contributed by atoms with Crippen molar-refractivity contribution in [2.75, 3.05) is 0 Å². The SMILES string of the molecule is CC(C)n1c(Cc2ccc(F)cc2)nnc1S(N)(=O)=O. The molecular formula is C12H15FN4O2S. The summed E-state index contributed by atoms with van der Waals surface area (Å²) in [7, 11) is -3.93. The number of sulfonamides is 1. The molecule has 0 aliphatic heterocycles. The lowest BCUT2D eigenvalue weighted by molar-refractivity contribution is 0.507. The van der Waals surface area contributed by atoms with Gasteiger partial charge in [0.15, 0.2) is 0 Å². The lowest BCUT2D eigenvalue weighted by Crippen LogP contribution is -2.20. The fourth-order valence-corrected chi connectivity index (χ4v) is 2.67. The first-order chi connectivity index (χ1) is 9.29. The van der Waals surface area contributed by atoms with Gasteiger partial charge in [0, 0.05) is 12.5 Å². The molecule has 2 N–H and O–H groups in total.